The Morgan fingerprint density at radius 1 is 1.17 bits per heavy atom. The summed E-state index contributed by atoms with van der Waals surface area (Å²) in [7, 11) is -4.04. The van der Waals surface area contributed by atoms with Gasteiger partial charge >= 0.3 is 15.2 Å². The van der Waals surface area contributed by atoms with Gasteiger partial charge in [0, 0.05) is 17.9 Å². The first-order chi connectivity index (χ1) is 13.3. The van der Waals surface area contributed by atoms with Crippen LogP contribution in [-0.2, 0) is 16.7 Å². The number of rotatable bonds is 8. The summed E-state index contributed by atoms with van der Waals surface area (Å²) in [5.41, 5.74) is 6.67. The minimum Gasteiger partial charge on any atom is -1.00 e. The molecule has 1 aromatic heterocycles. The largest absolute Gasteiger partial charge is 1.00 e. The van der Waals surface area contributed by atoms with Crippen molar-refractivity contribution >= 4 is 38.2 Å². The Labute approximate surface area is 196 Å². The lowest BCUT2D eigenvalue weighted by Crippen LogP contribution is -3.00. The van der Waals surface area contributed by atoms with Gasteiger partial charge in [-0.25, -0.2) is 4.57 Å². The molecule has 0 aliphatic carbocycles. The van der Waals surface area contributed by atoms with Gasteiger partial charge in [0.2, 0.25) is 0 Å². The molecule has 3 rings (SSSR count). The van der Waals surface area contributed by atoms with Crippen molar-refractivity contribution in [3.63, 3.8) is 0 Å². The molecule has 2 aromatic carbocycles. The van der Waals surface area contributed by atoms with Gasteiger partial charge in [0.1, 0.15) is 22.6 Å². The predicted octanol–water partition coefficient (Wildman–Crippen LogP) is 0.820. The highest BCUT2D eigenvalue weighted by Crippen LogP contribution is 2.28. The summed E-state index contributed by atoms with van der Waals surface area (Å²) in [5.74, 6) is 0.707. The van der Waals surface area contributed by atoms with Gasteiger partial charge in [-0.1, -0.05) is 35.1 Å². The molecule has 29 heavy (non-hydrogen) atoms. The Balaban J connectivity index is 0.00000300. The molecule has 0 aliphatic rings. The highest BCUT2D eigenvalue weighted by Gasteiger charge is 2.20. The lowest BCUT2D eigenvalue weighted by atomic mass is 10.2. The zero-order chi connectivity index (χ0) is 20.1. The van der Waals surface area contributed by atoms with E-state index < -0.39 is 10.1 Å². The Hall–Kier alpha value is -1.56. The summed E-state index contributed by atoms with van der Waals surface area (Å²) in [6.07, 6.45) is 2.69. The van der Waals surface area contributed by atoms with Crippen molar-refractivity contribution in [2.24, 2.45) is 0 Å². The fraction of sp³-hybridized carbons (Fsp3) is 0.211. The molecule has 0 saturated carbocycles. The van der Waals surface area contributed by atoms with Gasteiger partial charge in [0.15, 0.2) is 0 Å². The zero-order valence-corrected chi connectivity index (χ0v) is 20.1. The molecule has 0 fully saturated rings. The van der Waals surface area contributed by atoms with Crippen molar-refractivity contribution in [3.8, 4) is 11.5 Å². The van der Waals surface area contributed by atoms with Crippen LogP contribution in [0.1, 0.15) is 12.0 Å². The van der Waals surface area contributed by atoms with Crippen LogP contribution in [0.5, 0.6) is 11.5 Å². The second-order valence-electron chi connectivity index (χ2n) is 6.09. The molecular formula is C19H20ClIN2O4S2. The van der Waals surface area contributed by atoms with E-state index in [9.17, 15) is 8.42 Å². The smallest absolute Gasteiger partial charge is 0.340 e. The minimum absolute atomic E-state index is 0. The van der Waals surface area contributed by atoms with Crippen LogP contribution in [-0.4, -0.2) is 15.0 Å². The average Bonchev–Trinajstić information content (AvgIpc) is 3.03. The number of nitrogens with two attached hydrogens (primary N) is 1. The molecule has 0 atom stereocenters. The van der Waals surface area contributed by atoms with Gasteiger partial charge < -0.3 is 32.9 Å². The number of anilines is 1. The van der Waals surface area contributed by atoms with Crippen LogP contribution in [0, 0.1) is 6.92 Å². The molecule has 0 amide bonds. The Kier molecular flexibility index (Phi) is 8.56. The number of nitrogens with zero attached hydrogens (tertiary/aromatic N) is 1. The summed E-state index contributed by atoms with van der Waals surface area (Å²) < 4.78 is 38.0. The molecule has 0 unspecified atom stereocenters. The average molecular weight is 567 g/mol. The third-order valence-corrected chi connectivity index (χ3v) is 6.34. The molecule has 3 aromatic rings. The fourth-order valence-corrected chi connectivity index (χ4v) is 4.63. The Bertz CT molecular complexity index is 1070. The first-order valence-corrected chi connectivity index (χ1v) is 11.2. The third-order valence-electron chi connectivity index (χ3n) is 3.86. The predicted molar refractivity (Wildman–Crippen MR) is 109 cm³/mol. The summed E-state index contributed by atoms with van der Waals surface area (Å²) in [5, 5.41) is 2.78. The molecule has 2 N–H and O–H groups in total. The van der Waals surface area contributed by atoms with Gasteiger partial charge in [-0.3, -0.25) is 5.73 Å². The number of halogens is 2. The number of benzene rings is 2. The van der Waals surface area contributed by atoms with Crippen molar-refractivity contribution in [3.05, 3.63) is 64.6 Å². The standard InChI is InChI=1S/C19H19ClN2O4S2.HI/c1-14-11-15(25-9-4-7-22-8-10-27-19(22)21)13-16(12-14)26-28(23,24)18-6-3-2-5-17(18)20;/h2-3,5-6,8,10-13,21H,4,7,9H2,1H3;1H. The van der Waals surface area contributed by atoms with Gasteiger partial charge in [-0.2, -0.15) is 8.42 Å². The number of aryl methyl sites for hydroxylation is 2. The van der Waals surface area contributed by atoms with E-state index in [0.717, 1.165) is 23.7 Å². The van der Waals surface area contributed by atoms with Crippen LogP contribution < -0.4 is 43.2 Å². The van der Waals surface area contributed by atoms with Crippen LogP contribution in [0.15, 0.2) is 58.9 Å². The molecule has 0 spiro atoms. The second kappa shape index (κ2) is 10.5. The third kappa shape index (κ3) is 6.46. The number of nitrogen functional groups attached to an aromatic ring is 1. The maximum Gasteiger partial charge on any atom is 0.340 e. The second-order valence-corrected chi connectivity index (χ2v) is 8.93. The molecule has 0 radical (unpaired) electrons. The molecule has 0 saturated heterocycles. The Morgan fingerprint density at radius 3 is 2.59 bits per heavy atom. The lowest BCUT2D eigenvalue weighted by Gasteiger charge is -2.11. The van der Waals surface area contributed by atoms with Gasteiger partial charge in [-0.05, 0) is 36.8 Å². The molecule has 6 nitrogen and oxygen atoms in total. The lowest BCUT2D eigenvalue weighted by molar-refractivity contribution is -0.679. The van der Waals surface area contributed by atoms with Crippen molar-refractivity contribution in [1.82, 2.24) is 0 Å². The topological polar surface area (TPSA) is 82.5 Å². The van der Waals surface area contributed by atoms with Crippen LogP contribution in [0.4, 0.5) is 5.13 Å². The van der Waals surface area contributed by atoms with Crippen molar-refractivity contribution in [2.75, 3.05) is 12.3 Å². The van der Waals surface area contributed by atoms with Crippen LogP contribution >= 0.6 is 22.9 Å². The first-order valence-electron chi connectivity index (χ1n) is 8.51. The van der Waals surface area contributed by atoms with Gasteiger partial charge in [0.25, 0.3) is 0 Å². The molecule has 0 bridgehead atoms. The summed E-state index contributed by atoms with van der Waals surface area (Å²) >= 11 is 7.47. The monoisotopic (exact) mass is 566 g/mol. The molecule has 0 aliphatic heterocycles. The molecule has 10 heteroatoms. The SMILES string of the molecule is Cc1cc(OCCC[n+]2ccsc2N)cc(OS(=O)(=O)c2ccccc2Cl)c1.[I-]. The number of hydrogen-bond donors (Lipinski definition) is 1. The molecule has 156 valence electrons. The number of hydrogen-bond acceptors (Lipinski definition) is 6. The quantitative estimate of drug-likeness (QED) is 0.189. The normalized spacial score (nSPS) is 11.0. The van der Waals surface area contributed by atoms with Gasteiger partial charge in [-0.15, -0.1) is 0 Å². The molecular weight excluding hydrogens is 547 g/mol. The first kappa shape index (κ1) is 23.7. The van der Waals surface area contributed by atoms with Crippen LogP contribution in [0.3, 0.4) is 0 Å². The van der Waals surface area contributed by atoms with E-state index in [0.29, 0.717) is 12.4 Å². The van der Waals surface area contributed by atoms with E-state index >= 15 is 0 Å². The van der Waals surface area contributed by atoms with E-state index in [1.807, 2.05) is 29.1 Å². The van der Waals surface area contributed by atoms with E-state index in [4.69, 9.17) is 26.3 Å². The van der Waals surface area contributed by atoms with E-state index in [1.54, 1.807) is 24.3 Å². The maximum absolute atomic E-state index is 12.5. The highest BCUT2D eigenvalue weighted by molar-refractivity contribution is 7.87. The maximum atomic E-state index is 12.5. The highest BCUT2D eigenvalue weighted by atomic mass is 127. The summed E-state index contributed by atoms with van der Waals surface area (Å²) in [6.45, 7) is 3.04. The number of ether oxygens (including phenoxy) is 1. The zero-order valence-electron chi connectivity index (χ0n) is 15.5. The van der Waals surface area contributed by atoms with E-state index in [1.165, 1.54) is 23.5 Å². The van der Waals surface area contributed by atoms with Crippen LogP contribution in [0.25, 0.3) is 0 Å². The van der Waals surface area contributed by atoms with Crippen LogP contribution in [0.2, 0.25) is 5.02 Å². The minimum atomic E-state index is -4.04. The van der Waals surface area contributed by atoms with E-state index in [-0.39, 0.29) is 39.6 Å². The summed E-state index contributed by atoms with van der Waals surface area (Å²) in [4.78, 5) is -0.0778. The Morgan fingerprint density at radius 2 is 1.90 bits per heavy atom. The fourth-order valence-electron chi connectivity index (χ4n) is 2.59. The summed E-state index contributed by atoms with van der Waals surface area (Å²) in [6, 6.07) is 11.1. The van der Waals surface area contributed by atoms with Crippen molar-refractivity contribution in [2.45, 2.75) is 24.8 Å². The van der Waals surface area contributed by atoms with Gasteiger partial charge in [0.05, 0.1) is 18.2 Å². The number of thiazole rings is 1. The van der Waals surface area contributed by atoms with Crippen molar-refractivity contribution in [1.29, 1.82) is 0 Å². The van der Waals surface area contributed by atoms with E-state index in [2.05, 4.69) is 0 Å². The number of aromatic nitrogens is 1. The van der Waals surface area contributed by atoms with Crippen molar-refractivity contribution < 1.29 is 45.9 Å². The molecule has 1 heterocycles.